The molecule has 5 heteroatoms. The van der Waals surface area contributed by atoms with Gasteiger partial charge in [0.15, 0.2) is 11.5 Å². The molecule has 0 spiro atoms. The van der Waals surface area contributed by atoms with E-state index in [0.29, 0.717) is 5.57 Å². The molecule has 0 saturated carbocycles. The number of carbonyl (C=O) groups is 2. The highest BCUT2D eigenvalue weighted by molar-refractivity contribution is 6.28. The highest BCUT2D eigenvalue weighted by atomic mass is 16.5. The van der Waals surface area contributed by atoms with E-state index in [1.807, 2.05) is 20.8 Å². The van der Waals surface area contributed by atoms with Crippen LogP contribution in [0.1, 0.15) is 59.9 Å². The SMILES string of the molecule is CC1=CC2C3=C(OC(C)(C)C2CC1)C(=O)c1c(cc(O)c(C)c1O)C3=O. The largest absolute Gasteiger partial charge is 0.508 e. The van der Waals surface area contributed by atoms with Gasteiger partial charge < -0.3 is 14.9 Å². The van der Waals surface area contributed by atoms with Crippen LogP contribution < -0.4 is 0 Å². The van der Waals surface area contributed by atoms with Crippen molar-refractivity contribution in [2.75, 3.05) is 0 Å². The van der Waals surface area contributed by atoms with Gasteiger partial charge in [-0.05, 0) is 46.6 Å². The summed E-state index contributed by atoms with van der Waals surface area (Å²) in [4.78, 5) is 26.4. The van der Waals surface area contributed by atoms with Gasteiger partial charge in [-0.15, -0.1) is 0 Å². The van der Waals surface area contributed by atoms with Gasteiger partial charge in [0.25, 0.3) is 0 Å². The minimum absolute atomic E-state index is 0.0417. The Hall–Kier alpha value is -2.56. The molecular weight excluding hydrogens is 332 g/mol. The molecule has 0 aromatic heterocycles. The van der Waals surface area contributed by atoms with Crippen molar-refractivity contribution >= 4 is 11.6 Å². The molecule has 1 aliphatic heterocycles. The van der Waals surface area contributed by atoms with Gasteiger partial charge >= 0.3 is 0 Å². The maximum absolute atomic E-state index is 13.2. The van der Waals surface area contributed by atoms with Crippen LogP contribution in [0.3, 0.4) is 0 Å². The minimum atomic E-state index is -0.588. The Morgan fingerprint density at radius 1 is 1.15 bits per heavy atom. The number of carbonyl (C=O) groups excluding carboxylic acids is 2. The molecule has 2 atom stereocenters. The zero-order chi connectivity index (χ0) is 19.0. The highest BCUT2D eigenvalue weighted by Gasteiger charge is 2.51. The van der Waals surface area contributed by atoms with Crippen LogP contribution in [0.25, 0.3) is 0 Å². The van der Waals surface area contributed by atoms with Crippen LogP contribution in [-0.4, -0.2) is 27.4 Å². The topological polar surface area (TPSA) is 83.8 Å². The summed E-state index contributed by atoms with van der Waals surface area (Å²) in [5.74, 6) is -1.46. The summed E-state index contributed by atoms with van der Waals surface area (Å²) in [6.07, 6.45) is 3.89. The van der Waals surface area contributed by atoms with Crippen LogP contribution in [0, 0.1) is 18.8 Å². The fourth-order valence-electron chi connectivity index (χ4n) is 4.52. The van der Waals surface area contributed by atoms with Crippen molar-refractivity contribution in [1.82, 2.24) is 0 Å². The number of ether oxygens (including phenoxy) is 1. The molecule has 2 N–H and O–H groups in total. The molecule has 26 heavy (non-hydrogen) atoms. The standard InChI is InChI=1S/C21H22O5/c1-9-5-6-13-11(7-9)16-18(24)12-8-14(22)10(2)17(23)15(12)19(25)20(16)26-21(13,3)4/h7-8,11,13,22-23H,5-6H2,1-4H3. The zero-order valence-electron chi connectivity index (χ0n) is 15.3. The van der Waals surface area contributed by atoms with E-state index in [1.54, 1.807) is 0 Å². The number of benzene rings is 1. The summed E-state index contributed by atoms with van der Waals surface area (Å²) >= 11 is 0. The molecule has 0 saturated heterocycles. The lowest BCUT2D eigenvalue weighted by Gasteiger charge is -2.47. The predicted octanol–water partition coefficient (Wildman–Crippen LogP) is 3.82. The Balaban J connectivity index is 1.98. The van der Waals surface area contributed by atoms with Crippen LogP contribution in [0.15, 0.2) is 29.0 Å². The first-order valence-electron chi connectivity index (χ1n) is 8.89. The quantitative estimate of drug-likeness (QED) is 0.692. The van der Waals surface area contributed by atoms with Crippen molar-refractivity contribution in [2.24, 2.45) is 11.8 Å². The summed E-state index contributed by atoms with van der Waals surface area (Å²) in [5.41, 5.74) is 1.11. The minimum Gasteiger partial charge on any atom is -0.508 e. The third-order valence-corrected chi connectivity index (χ3v) is 6.03. The third-order valence-electron chi connectivity index (χ3n) is 6.03. The Kier molecular flexibility index (Phi) is 3.39. The lowest BCUT2D eigenvalue weighted by Crippen LogP contribution is -2.48. The number of hydrogen-bond donors (Lipinski definition) is 2. The lowest BCUT2D eigenvalue weighted by molar-refractivity contribution is -0.0493. The van der Waals surface area contributed by atoms with E-state index in [4.69, 9.17) is 4.74 Å². The molecule has 0 amide bonds. The molecule has 1 aromatic carbocycles. The number of hydrogen-bond acceptors (Lipinski definition) is 5. The Labute approximate surface area is 152 Å². The van der Waals surface area contributed by atoms with Crippen molar-refractivity contribution in [3.8, 4) is 11.5 Å². The fraction of sp³-hybridized carbons (Fsp3) is 0.429. The number of allylic oxidation sites excluding steroid dienone is 4. The van der Waals surface area contributed by atoms with E-state index < -0.39 is 11.4 Å². The number of Topliss-reactive ketones (excluding diaryl/α,β-unsaturated/α-hetero) is 2. The summed E-state index contributed by atoms with van der Waals surface area (Å²) in [7, 11) is 0. The molecule has 0 bridgehead atoms. The van der Waals surface area contributed by atoms with E-state index in [-0.39, 0.29) is 51.6 Å². The molecule has 1 aromatic rings. The van der Waals surface area contributed by atoms with Gasteiger partial charge in [-0.3, -0.25) is 9.59 Å². The highest BCUT2D eigenvalue weighted by Crippen LogP contribution is 2.51. The first kappa shape index (κ1) is 16.9. The van der Waals surface area contributed by atoms with Crippen molar-refractivity contribution in [3.05, 3.63) is 45.7 Å². The Morgan fingerprint density at radius 3 is 2.54 bits per heavy atom. The Morgan fingerprint density at radius 2 is 1.85 bits per heavy atom. The van der Waals surface area contributed by atoms with Gasteiger partial charge in [0, 0.05) is 23.0 Å². The molecule has 3 aliphatic rings. The average molecular weight is 354 g/mol. The maximum atomic E-state index is 13.2. The molecule has 1 heterocycles. The van der Waals surface area contributed by atoms with Crippen molar-refractivity contribution in [2.45, 2.75) is 46.1 Å². The summed E-state index contributed by atoms with van der Waals surface area (Å²) < 4.78 is 6.05. The van der Waals surface area contributed by atoms with Gasteiger partial charge in [-0.25, -0.2) is 0 Å². The van der Waals surface area contributed by atoms with E-state index in [0.717, 1.165) is 12.8 Å². The first-order chi connectivity index (χ1) is 12.1. The molecule has 0 fully saturated rings. The third kappa shape index (κ3) is 2.09. The smallest absolute Gasteiger partial charge is 0.232 e. The zero-order valence-corrected chi connectivity index (χ0v) is 15.3. The number of rotatable bonds is 0. The second kappa shape index (κ2) is 5.22. The maximum Gasteiger partial charge on any atom is 0.232 e. The molecule has 5 nitrogen and oxygen atoms in total. The van der Waals surface area contributed by atoms with Gasteiger partial charge in [-0.2, -0.15) is 0 Å². The van der Waals surface area contributed by atoms with Crippen molar-refractivity contribution in [3.63, 3.8) is 0 Å². The molecule has 2 unspecified atom stereocenters. The van der Waals surface area contributed by atoms with E-state index in [1.165, 1.54) is 18.6 Å². The number of ketones is 2. The van der Waals surface area contributed by atoms with E-state index in [9.17, 15) is 19.8 Å². The van der Waals surface area contributed by atoms with E-state index in [2.05, 4.69) is 6.08 Å². The average Bonchev–Trinajstić information content (AvgIpc) is 2.56. The van der Waals surface area contributed by atoms with Gasteiger partial charge in [0.2, 0.25) is 5.78 Å². The molecule has 136 valence electrons. The van der Waals surface area contributed by atoms with Crippen LogP contribution in [-0.2, 0) is 4.74 Å². The Bertz CT molecular complexity index is 932. The van der Waals surface area contributed by atoms with Gasteiger partial charge in [-0.1, -0.05) is 11.6 Å². The predicted molar refractivity (Wildman–Crippen MR) is 95.3 cm³/mol. The molecule has 4 rings (SSSR count). The number of phenolic OH excluding ortho intramolecular Hbond substituents is 2. The number of fused-ring (bicyclic) bond motifs is 3. The number of phenols is 2. The fourth-order valence-corrected chi connectivity index (χ4v) is 4.52. The van der Waals surface area contributed by atoms with Crippen LogP contribution in [0.4, 0.5) is 0 Å². The summed E-state index contributed by atoms with van der Waals surface area (Å²) in [6.45, 7) is 7.42. The summed E-state index contributed by atoms with van der Waals surface area (Å²) in [5, 5.41) is 20.4. The van der Waals surface area contributed by atoms with Crippen LogP contribution in [0.2, 0.25) is 0 Å². The summed E-state index contributed by atoms with van der Waals surface area (Å²) in [6, 6.07) is 1.28. The molecule has 0 radical (unpaired) electrons. The van der Waals surface area contributed by atoms with Crippen molar-refractivity contribution < 1.29 is 24.5 Å². The monoisotopic (exact) mass is 354 g/mol. The normalized spacial score (nSPS) is 26.5. The molecular formula is C21H22O5. The second-order valence-corrected chi connectivity index (χ2v) is 8.08. The van der Waals surface area contributed by atoms with E-state index >= 15 is 0 Å². The van der Waals surface area contributed by atoms with Crippen LogP contribution >= 0.6 is 0 Å². The van der Waals surface area contributed by atoms with Gasteiger partial charge in [0.05, 0.1) is 11.1 Å². The lowest BCUT2D eigenvalue weighted by atomic mass is 9.65. The van der Waals surface area contributed by atoms with Gasteiger partial charge in [0.1, 0.15) is 17.1 Å². The first-order valence-corrected chi connectivity index (χ1v) is 8.89. The second-order valence-electron chi connectivity index (χ2n) is 8.08. The molecule has 2 aliphatic carbocycles. The van der Waals surface area contributed by atoms with Crippen molar-refractivity contribution in [1.29, 1.82) is 0 Å². The van der Waals surface area contributed by atoms with Crippen LogP contribution in [0.5, 0.6) is 11.5 Å². The number of aromatic hydroxyl groups is 2.